The second kappa shape index (κ2) is 18.5. The summed E-state index contributed by atoms with van der Waals surface area (Å²) < 4.78 is 25.2. The van der Waals surface area contributed by atoms with Crippen LogP contribution in [-0.4, -0.2) is 74.9 Å². The van der Waals surface area contributed by atoms with Gasteiger partial charge in [0, 0.05) is 31.6 Å². The molecule has 4 atom stereocenters. The van der Waals surface area contributed by atoms with Gasteiger partial charge < -0.3 is 14.4 Å². The molecule has 3 heterocycles. The van der Waals surface area contributed by atoms with E-state index in [9.17, 15) is 23.6 Å². The number of carbonyl (C=O) groups excluding carboxylic acids is 4. The number of anilines is 1. The number of amides is 2. The van der Waals surface area contributed by atoms with Crippen molar-refractivity contribution >= 4 is 52.0 Å². The van der Waals surface area contributed by atoms with E-state index < -0.39 is 35.5 Å². The summed E-state index contributed by atoms with van der Waals surface area (Å²) in [6.45, 7) is 12.0. The van der Waals surface area contributed by atoms with Crippen LogP contribution in [0.5, 0.6) is 0 Å². The summed E-state index contributed by atoms with van der Waals surface area (Å²) in [6.07, 6.45) is 4.13. The van der Waals surface area contributed by atoms with Crippen molar-refractivity contribution in [3.63, 3.8) is 0 Å². The maximum absolute atomic E-state index is 14.1. The van der Waals surface area contributed by atoms with E-state index in [4.69, 9.17) is 9.47 Å². The van der Waals surface area contributed by atoms with Crippen molar-refractivity contribution in [1.29, 1.82) is 0 Å². The molecule has 6 rings (SSSR count). The molecule has 3 aromatic carbocycles. The van der Waals surface area contributed by atoms with Gasteiger partial charge in [0.2, 0.25) is 0 Å². The standard InChI is InChI=1S/C44H54FN3O6.CH3I/c1-43(2,3)53-41(51)46-25-7-9-37(46)39(49)27-29-11-15-31(16-12-29)35-23-24-36(48(35)34-21-19-33(45)20-22-34)32-17-13-30(14-18-32)28-40(50)38-10-8-26-47(38)42(52)54-44(4,5)6;1-2/h11-22,35-38H,7-10,23-28H2,1-6H3;1H3/t35?,36?,37-,38-;/m0./s1. The number of hydrogen-bond acceptors (Lipinski definition) is 7. The van der Waals surface area contributed by atoms with Crippen LogP contribution in [0.4, 0.5) is 19.7 Å². The zero-order chi connectivity index (χ0) is 40.8. The number of likely N-dealkylation sites (tertiary alicyclic amines) is 2. The van der Waals surface area contributed by atoms with Gasteiger partial charge in [0.15, 0.2) is 11.6 Å². The van der Waals surface area contributed by atoms with Crippen LogP contribution in [0, 0.1) is 5.82 Å². The van der Waals surface area contributed by atoms with E-state index in [0.29, 0.717) is 25.9 Å². The molecule has 3 fully saturated rings. The first kappa shape index (κ1) is 43.1. The van der Waals surface area contributed by atoms with Gasteiger partial charge >= 0.3 is 12.2 Å². The molecule has 3 aliphatic rings. The van der Waals surface area contributed by atoms with Gasteiger partial charge in [-0.2, -0.15) is 0 Å². The number of ketones is 2. The number of rotatable bonds is 9. The SMILES string of the molecule is CC(C)(C)OC(=O)N1CCC[C@H]1C(=O)Cc1ccc(C2CCC(c3ccc(CC(=O)[C@@H]4CCCN4C(=O)OC(C)(C)C)cc3)N2c2ccc(F)cc2)cc1.CI. The molecule has 0 bridgehead atoms. The average molecular weight is 882 g/mol. The Hall–Kier alpha value is -4.00. The molecule has 0 aromatic heterocycles. The van der Waals surface area contributed by atoms with Crippen LogP contribution < -0.4 is 4.90 Å². The van der Waals surface area contributed by atoms with Gasteiger partial charge in [0.05, 0.1) is 24.2 Å². The number of nitrogens with zero attached hydrogens (tertiary/aromatic N) is 3. The van der Waals surface area contributed by atoms with E-state index in [-0.39, 0.29) is 42.3 Å². The third kappa shape index (κ3) is 10.9. The molecule has 3 aromatic rings. The molecule has 2 unspecified atom stereocenters. The minimum atomic E-state index is -0.628. The number of benzene rings is 3. The van der Waals surface area contributed by atoms with E-state index in [1.807, 2.05) is 82.9 Å². The van der Waals surface area contributed by atoms with Crippen LogP contribution in [-0.2, 0) is 31.9 Å². The van der Waals surface area contributed by atoms with Crippen molar-refractivity contribution in [3.8, 4) is 0 Å². The lowest BCUT2D eigenvalue weighted by Gasteiger charge is -2.33. The van der Waals surface area contributed by atoms with E-state index in [1.165, 1.54) is 12.1 Å². The lowest BCUT2D eigenvalue weighted by atomic mass is 9.98. The number of carbonyl (C=O) groups is 4. The highest BCUT2D eigenvalue weighted by molar-refractivity contribution is 14.1. The predicted octanol–water partition coefficient (Wildman–Crippen LogP) is 9.98. The third-order valence-corrected chi connectivity index (χ3v) is 10.5. The molecule has 56 heavy (non-hydrogen) atoms. The normalized spacial score (nSPS) is 21.1. The molecule has 302 valence electrons. The predicted molar refractivity (Wildman–Crippen MR) is 226 cm³/mol. The smallest absolute Gasteiger partial charge is 0.410 e. The molecule has 0 spiro atoms. The van der Waals surface area contributed by atoms with E-state index in [2.05, 4.69) is 51.8 Å². The molecule has 0 aliphatic carbocycles. The first-order valence-corrected chi connectivity index (χ1v) is 21.9. The fraction of sp³-hybridized carbons (Fsp3) is 0.511. The van der Waals surface area contributed by atoms with Crippen LogP contribution >= 0.6 is 22.6 Å². The summed E-state index contributed by atoms with van der Waals surface area (Å²) in [4.78, 5) is 59.8. The molecule has 3 aliphatic heterocycles. The first-order chi connectivity index (χ1) is 26.6. The number of ether oxygens (including phenoxy) is 2. The maximum atomic E-state index is 14.1. The summed E-state index contributed by atoms with van der Waals surface area (Å²) in [6, 6.07) is 22.0. The number of hydrogen-bond donors (Lipinski definition) is 0. The summed E-state index contributed by atoms with van der Waals surface area (Å²) in [5, 5.41) is 0. The van der Waals surface area contributed by atoms with Gasteiger partial charge in [-0.15, -0.1) is 0 Å². The monoisotopic (exact) mass is 881 g/mol. The molecule has 0 radical (unpaired) electrons. The fourth-order valence-electron chi connectivity index (χ4n) is 8.07. The van der Waals surface area contributed by atoms with Crippen LogP contribution in [0.3, 0.4) is 0 Å². The van der Waals surface area contributed by atoms with Gasteiger partial charge in [0.25, 0.3) is 0 Å². The highest BCUT2D eigenvalue weighted by Crippen LogP contribution is 2.47. The summed E-state index contributed by atoms with van der Waals surface area (Å²) in [5.74, 6) is -0.281. The van der Waals surface area contributed by atoms with Crippen molar-refractivity contribution in [2.24, 2.45) is 0 Å². The highest BCUT2D eigenvalue weighted by Gasteiger charge is 2.39. The Morgan fingerprint density at radius 2 is 0.982 bits per heavy atom. The quantitative estimate of drug-likeness (QED) is 0.156. The second-order valence-corrected chi connectivity index (χ2v) is 16.9. The van der Waals surface area contributed by atoms with Crippen molar-refractivity contribution in [2.45, 2.75) is 128 Å². The lowest BCUT2D eigenvalue weighted by molar-refractivity contribution is -0.123. The Labute approximate surface area is 345 Å². The molecular weight excluding hydrogens is 824 g/mol. The van der Waals surface area contributed by atoms with Crippen LogP contribution in [0.15, 0.2) is 72.8 Å². The van der Waals surface area contributed by atoms with Crippen molar-refractivity contribution in [2.75, 3.05) is 22.9 Å². The molecule has 0 N–H and O–H groups in total. The number of halogens is 2. The Morgan fingerprint density at radius 3 is 1.34 bits per heavy atom. The van der Waals surface area contributed by atoms with E-state index >= 15 is 0 Å². The van der Waals surface area contributed by atoms with Crippen molar-refractivity contribution in [3.05, 3.63) is 101 Å². The van der Waals surface area contributed by atoms with Gasteiger partial charge in [-0.25, -0.2) is 14.0 Å². The van der Waals surface area contributed by atoms with Crippen molar-refractivity contribution in [1.82, 2.24) is 9.80 Å². The summed E-state index contributed by atoms with van der Waals surface area (Å²) in [7, 11) is 0. The second-order valence-electron chi connectivity index (χ2n) is 16.9. The van der Waals surface area contributed by atoms with Gasteiger partial charge in [0.1, 0.15) is 17.0 Å². The molecule has 3 saturated heterocycles. The Kier molecular flexibility index (Phi) is 14.3. The zero-order valence-corrected chi connectivity index (χ0v) is 36.0. The summed E-state index contributed by atoms with van der Waals surface area (Å²) >= 11 is 2.15. The Bertz CT molecular complexity index is 1710. The molecule has 2 amide bonds. The minimum absolute atomic E-state index is 0.00809. The van der Waals surface area contributed by atoms with Crippen LogP contribution in [0.1, 0.15) is 114 Å². The molecule has 11 heteroatoms. The van der Waals surface area contributed by atoms with E-state index in [1.54, 1.807) is 9.80 Å². The number of Topliss-reactive ketones (excluding diaryl/α,β-unsaturated/α-hetero) is 2. The average Bonchev–Trinajstić information content (AvgIpc) is 3.93. The maximum Gasteiger partial charge on any atom is 0.410 e. The topological polar surface area (TPSA) is 96.5 Å². The van der Waals surface area contributed by atoms with Gasteiger partial charge in [-0.3, -0.25) is 19.4 Å². The van der Waals surface area contributed by atoms with Gasteiger partial charge in [-0.05, 0) is 132 Å². The largest absolute Gasteiger partial charge is 0.444 e. The third-order valence-electron chi connectivity index (χ3n) is 10.5. The Morgan fingerprint density at radius 1 is 0.607 bits per heavy atom. The fourth-order valence-corrected chi connectivity index (χ4v) is 8.07. The van der Waals surface area contributed by atoms with Crippen LogP contribution in [0.25, 0.3) is 0 Å². The Balaban J connectivity index is 0.00000295. The first-order valence-electron chi connectivity index (χ1n) is 19.7. The zero-order valence-electron chi connectivity index (χ0n) is 33.9. The lowest BCUT2D eigenvalue weighted by Crippen LogP contribution is -2.43. The van der Waals surface area contributed by atoms with Crippen molar-refractivity contribution < 1.29 is 33.0 Å². The number of alkyl halides is 1. The highest BCUT2D eigenvalue weighted by atomic mass is 127. The summed E-state index contributed by atoms with van der Waals surface area (Å²) in [5.41, 5.74) is 3.63. The molecular formula is C45H57FIN3O6. The van der Waals surface area contributed by atoms with Crippen LogP contribution in [0.2, 0.25) is 0 Å². The minimum Gasteiger partial charge on any atom is -0.444 e. The van der Waals surface area contributed by atoms with Gasteiger partial charge in [-0.1, -0.05) is 71.1 Å². The molecule has 0 saturated carbocycles. The van der Waals surface area contributed by atoms with E-state index in [0.717, 1.165) is 53.6 Å². The molecule has 9 nitrogen and oxygen atoms in total.